The zero-order valence-electron chi connectivity index (χ0n) is 86.2. The Morgan fingerprint density at radius 2 is 0.796 bits per heavy atom. The fraction of sp³-hybridized carbons (Fsp3) is 0.583. The normalized spacial score (nSPS) is 21.7. The molecule has 32 heteroatoms. The zero-order valence-corrected chi connectivity index (χ0v) is 86.2. The van der Waals surface area contributed by atoms with E-state index in [4.69, 9.17) is 67.3 Å². The first-order valence-corrected chi connectivity index (χ1v) is 54.3. The maximum atomic E-state index is 14.3. The molecule has 6 saturated heterocycles. The average Bonchev–Trinajstić information content (AvgIpc) is 1.72. The summed E-state index contributed by atoms with van der Waals surface area (Å²) in [5.41, 5.74) is 13.4. The van der Waals surface area contributed by atoms with Crippen molar-refractivity contribution in [1.29, 1.82) is 0 Å². The van der Waals surface area contributed by atoms with Crippen LogP contribution in [-0.2, 0) is 99.0 Å². The molecule has 10 atom stereocenters. The first-order valence-electron chi connectivity index (χ1n) is 54.3. The molecule has 8 fully saturated rings. The number of carboxylic acid groups (broad SMARTS) is 3. The number of nitrogens with one attached hydrogen (secondary N) is 4. The number of hydrogen-bond acceptors (Lipinski definition) is 26. The molecule has 10 aliphatic heterocycles. The molecule has 14 heterocycles. The molecule has 0 amide bonds. The van der Waals surface area contributed by atoms with Gasteiger partial charge in [-0.2, -0.15) is 0 Å². The van der Waals surface area contributed by atoms with Gasteiger partial charge < -0.3 is 84.0 Å². The van der Waals surface area contributed by atoms with E-state index in [0.717, 1.165) is 312 Å². The molecular formula is C115H151F3N12O17. The predicted molar refractivity (Wildman–Crippen MR) is 555 cm³/mol. The van der Waals surface area contributed by atoms with Gasteiger partial charge >= 0.3 is 17.9 Å². The summed E-state index contributed by atoms with van der Waals surface area (Å²) >= 11 is 0. The molecule has 2 aliphatic carbocycles. The fourth-order valence-electron chi connectivity index (χ4n) is 22.3. The van der Waals surface area contributed by atoms with Crippen LogP contribution in [-0.4, -0.2) is 248 Å². The van der Waals surface area contributed by atoms with Crippen molar-refractivity contribution >= 4 is 47.0 Å². The molecule has 12 aliphatic rings. The Balaban J connectivity index is 0.000000134. The highest BCUT2D eigenvalue weighted by Crippen LogP contribution is 2.48. The van der Waals surface area contributed by atoms with E-state index in [9.17, 15) is 47.7 Å². The Hall–Kier alpha value is -10.7. The van der Waals surface area contributed by atoms with Gasteiger partial charge in [-0.25, -0.2) is 33.1 Å². The number of carbonyl (C=O) groups excluding carboxylic acids is 1. The molecule has 8 aromatic rings. The summed E-state index contributed by atoms with van der Waals surface area (Å²) in [6.45, 7) is 17.1. The van der Waals surface area contributed by atoms with Crippen molar-refractivity contribution in [2.45, 2.75) is 286 Å². The standard InChI is InChI=1S/C31H42FN3O4.2C28H36FN3O4.C28H37N3O5/c1-21(36)29(26-17-22(32)9-10-27(26)39-20-31(2)12-13-31)35-15-11-24(19-35)38-16-5-4-7-23-18-28(37-3)25-8-6-14-33-30(25)34-23;2*29-20-9-11-23(25-7-4-16-36-25)24(17-20)26(28(33)34)32-14-12-22(18-32)35-15-2-1-6-21-10-8-19-5-3-13-30-27(19)31-21;1-34-25-17-19(30-27-23(25)9-6-14-29-27)7-4-5-16-35-21-13-15-31(18-21)26(28(32)33)22-8-2-3-10-24(22)36-20-11-12-20/h9-10,17-18,24,29H,4-8,11-16,19-20H2,1-3H3,(H,33,34);2*8-11,17,22,25-26H,1-7,12-16,18H2,(H,30,31)(H,33,34);2-3,8,10,17,20-21,26H,4-7,9,11-16,18H2,1H3,(H,29,30)(H,32,33)/t24-,29-;22-,25?,26+;22-,25?,26-;21-,26-/m1111/s1. The lowest BCUT2D eigenvalue weighted by Gasteiger charge is -2.28. The van der Waals surface area contributed by atoms with Crippen molar-refractivity contribution in [3.05, 3.63) is 211 Å². The SMILES string of the molecule is COc1cc(CCCCO[C@@H]2CCN([C@@H](C(=O)O)c3ccccc3OC3CC3)C2)nc2c1CCCN2.COc1cc(CCCCO[C@@H]2CCN([C@H](C(C)=O)c3cc(F)ccc3OCC3(C)CC3)C2)nc2c1CCCN2.O=C(O)[C@@H](c1cc(F)ccc1C1CCCO1)N1CC[C@@H](OCCCCc2ccc3c(n2)NCCC3)C1.O=C(O)[C@H](c1cc(F)ccc1C1CCCO1)N1CC[C@@H](OCCCCc2ccc3c(n2)NCCC3)C1. The second kappa shape index (κ2) is 52.7. The highest BCUT2D eigenvalue weighted by molar-refractivity contribution is 5.84. The predicted octanol–water partition coefficient (Wildman–Crippen LogP) is 19.1. The third-order valence-electron chi connectivity index (χ3n) is 30.6. The van der Waals surface area contributed by atoms with Gasteiger partial charge in [-0.3, -0.25) is 38.8 Å². The van der Waals surface area contributed by atoms with Gasteiger partial charge in [0.2, 0.25) is 0 Å². The van der Waals surface area contributed by atoms with Crippen LogP contribution in [0.1, 0.15) is 283 Å². The summed E-state index contributed by atoms with van der Waals surface area (Å²) in [5.74, 6) is 3.19. The molecular weight excluding hydrogens is 1880 g/mol. The zero-order chi connectivity index (χ0) is 102. The number of carbonyl (C=O) groups is 4. The van der Waals surface area contributed by atoms with E-state index in [2.05, 4.69) is 69.5 Å². The quantitative estimate of drug-likeness (QED) is 0.0174. The van der Waals surface area contributed by atoms with Gasteiger partial charge in [0.25, 0.3) is 0 Å². The number of methoxy groups -OCH3 is 2. The van der Waals surface area contributed by atoms with E-state index in [0.29, 0.717) is 120 Å². The van der Waals surface area contributed by atoms with E-state index in [-0.39, 0.29) is 59.7 Å². The molecule has 4 aromatic heterocycles. The highest BCUT2D eigenvalue weighted by Gasteiger charge is 2.44. The second-order valence-corrected chi connectivity index (χ2v) is 41.9. The summed E-state index contributed by atoms with van der Waals surface area (Å²) in [5, 5.41) is 43.8. The number of ether oxygens (including phenoxy) is 10. The van der Waals surface area contributed by atoms with Crippen LogP contribution < -0.4 is 40.2 Å². The number of aromatic nitrogens is 4. The van der Waals surface area contributed by atoms with Crippen LogP contribution in [0.2, 0.25) is 0 Å². The Kier molecular flexibility index (Phi) is 38.6. The van der Waals surface area contributed by atoms with Gasteiger partial charge in [0.1, 0.15) is 81.8 Å². The van der Waals surface area contributed by atoms with Gasteiger partial charge in [-0.15, -0.1) is 0 Å². The summed E-state index contributed by atoms with van der Waals surface area (Å²) in [7, 11) is 3.44. The number of pyridine rings is 4. The lowest BCUT2D eigenvalue weighted by Crippen LogP contribution is -2.34. The first kappa shape index (κ1) is 108. The Morgan fingerprint density at radius 3 is 1.20 bits per heavy atom. The number of unbranched alkanes of at least 4 members (excludes halogenated alkanes) is 4. The third-order valence-corrected chi connectivity index (χ3v) is 30.6. The summed E-state index contributed by atoms with van der Waals surface area (Å²) in [6, 6.07) is 30.7. The van der Waals surface area contributed by atoms with Crippen molar-refractivity contribution in [3.63, 3.8) is 0 Å². The molecule has 794 valence electrons. The van der Waals surface area contributed by atoms with Gasteiger partial charge in [0.15, 0.2) is 5.78 Å². The summed E-state index contributed by atoms with van der Waals surface area (Å²) in [6.07, 6.45) is 31.1. The molecule has 2 saturated carbocycles. The molecule has 147 heavy (non-hydrogen) atoms. The minimum atomic E-state index is -0.965. The number of hydrogen-bond donors (Lipinski definition) is 7. The van der Waals surface area contributed by atoms with E-state index in [1.807, 2.05) is 39.0 Å². The van der Waals surface area contributed by atoms with Crippen molar-refractivity contribution in [2.24, 2.45) is 5.41 Å². The maximum absolute atomic E-state index is 14.3. The number of anilines is 4. The minimum Gasteiger partial charge on any atom is -0.496 e. The molecule has 4 aromatic carbocycles. The lowest BCUT2D eigenvalue weighted by atomic mass is 9.94. The number of nitrogens with zero attached hydrogens (tertiary/aromatic N) is 8. The minimum absolute atomic E-state index is 0.00815. The number of carboxylic acids is 3. The van der Waals surface area contributed by atoms with Crippen LogP contribution in [0.3, 0.4) is 0 Å². The molecule has 0 bridgehead atoms. The number of aryl methyl sites for hydroxylation is 6. The highest BCUT2D eigenvalue weighted by atomic mass is 19.1. The first-order chi connectivity index (χ1) is 71.6. The Labute approximate surface area is 862 Å². The number of halogens is 3. The number of rotatable bonds is 45. The summed E-state index contributed by atoms with van der Waals surface area (Å²) < 4.78 is 102. The van der Waals surface area contributed by atoms with Crippen molar-refractivity contribution in [1.82, 2.24) is 39.5 Å². The average molecular weight is 2030 g/mol. The van der Waals surface area contributed by atoms with Crippen LogP contribution in [0.15, 0.2) is 115 Å². The largest absolute Gasteiger partial charge is 0.496 e. The lowest BCUT2D eigenvalue weighted by molar-refractivity contribution is -0.144. The number of aliphatic carboxylic acids is 3. The van der Waals surface area contributed by atoms with Crippen LogP contribution in [0, 0.1) is 22.9 Å². The van der Waals surface area contributed by atoms with Crippen LogP contribution in [0.5, 0.6) is 23.0 Å². The van der Waals surface area contributed by atoms with Crippen molar-refractivity contribution < 1.29 is 95.0 Å². The van der Waals surface area contributed by atoms with Crippen molar-refractivity contribution in [2.75, 3.05) is 160 Å². The summed E-state index contributed by atoms with van der Waals surface area (Å²) in [4.78, 5) is 76.8. The van der Waals surface area contributed by atoms with E-state index < -0.39 is 53.7 Å². The van der Waals surface area contributed by atoms with Crippen molar-refractivity contribution in [3.8, 4) is 23.0 Å². The molecule has 29 nitrogen and oxygen atoms in total. The molecule has 20 rings (SSSR count). The molecule has 0 spiro atoms. The number of para-hydroxylation sites is 1. The number of fused-ring (bicyclic) bond motifs is 4. The monoisotopic (exact) mass is 2030 g/mol. The maximum Gasteiger partial charge on any atom is 0.325 e. The van der Waals surface area contributed by atoms with Gasteiger partial charge in [0, 0.05) is 181 Å². The second-order valence-electron chi connectivity index (χ2n) is 41.9. The van der Waals surface area contributed by atoms with Crippen LogP contribution in [0.4, 0.5) is 36.4 Å². The van der Waals surface area contributed by atoms with E-state index >= 15 is 0 Å². The van der Waals surface area contributed by atoms with Gasteiger partial charge in [-0.05, 0) is 306 Å². The number of Topliss-reactive ketones (excluding diaryl/α,β-unsaturated/α-hetero) is 1. The van der Waals surface area contributed by atoms with Gasteiger partial charge in [0.05, 0.1) is 69.6 Å². The number of likely N-dealkylation sites (tertiary alicyclic amines) is 4. The molecule has 2 unspecified atom stereocenters. The third kappa shape index (κ3) is 29.6. The smallest absolute Gasteiger partial charge is 0.325 e. The molecule has 7 N–H and O–H groups in total. The van der Waals surface area contributed by atoms with E-state index in [1.54, 1.807) is 39.3 Å². The van der Waals surface area contributed by atoms with Gasteiger partial charge in [-0.1, -0.05) is 49.4 Å². The Morgan fingerprint density at radius 1 is 0.408 bits per heavy atom. The van der Waals surface area contributed by atoms with Crippen LogP contribution in [0.25, 0.3) is 0 Å². The topological polar surface area (TPSA) is 334 Å². The fourth-order valence-corrected chi connectivity index (χ4v) is 22.3. The van der Waals surface area contributed by atoms with Crippen LogP contribution >= 0.6 is 0 Å². The molecule has 0 radical (unpaired) electrons. The number of benzene rings is 4. The van der Waals surface area contributed by atoms with E-state index in [1.165, 1.54) is 58.7 Å². The Bertz CT molecular complexity index is 5510. The number of ketones is 1.